The number of allylic oxidation sites excluding steroid dienone is 1. The summed E-state index contributed by atoms with van der Waals surface area (Å²) >= 11 is 0. The van der Waals surface area contributed by atoms with Gasteiger partial charge in [0.1, 0.15) is 17.3 Å². The summed E-state index contributed by atoms with van der Waals surface area (Å²) in [5.74, 6) is -0.729. The summed E-state index contributed by atoms with van der Waals surface area (Å²) in [6.45, 7) is 2.70. The maximum absolute atomic E-state index is 12.9. The van der Waals surface area contributed by atoms with Crippen LogP contribution in [0.2, 0.25) is 0 Å². The van der Waals surface area contributed by atoms with Crippen molar-refractivity contribution in [3.63, 3.8) is 0 Å². The number of hydrogen-bond donors (Lipinski definition) is 4. The van der Waals surface area contributed by atoms with Crippen LogP contribution in [0.4, 0.5) is 0 Å². The van der Waals surface area contributed by atoms with E-state index in [1.165, 1.54) is 36.8 Å². The maximum atomic E-state index is 12.9. The number of phenols is 1. The van der Waals surface area contributed by atoms with Gasteiger partial charge in [-0.1, -0.05) is 44.8 Å². The van der Waals surface area contributed by atoms with Crippen LogP contribution in [0.25, 0.3) is 5.57 Å². The highest BCUT2D eigenvalue weighted by atomic mass is 16.5. The van der Waals surface area contributed by atoms with Crippen molar-refractivity contribution in [3.05, 3.63) is 88.2 Å². The summed E-state index contributed by atoms with van der Waals surface area (Å²) in [4.78, 5) is 25.0. The number of phenolic OH excluding ortho intramolecular Hbond substituents is 1. The first-order valence-electron chi connectivity index (χ1n) is 11.9. The van der Waals surface area contributed by atoms with E-state index in [2.05, 4.69) is 12.2 Å². The number of benzene rings is 2. The minimum atomic E-state index is -1.13. The van der Waals surface area contributed by atoms with Gasteiger partial charge >= 0.3 is 5.97 Å². The molecule has 4 N–H and O–H groups in total. The van der Waals surface area contributed by atoms with Gasteiger partial charge < -0.3 is 25.4 Å². The Morgan fingerprint density at radius 2 is 1.83 bits per heavy atom. The predicted octanol–water partition coefficient (Wildman–Crippen LogP) is 4.80. The minimum Gasteiger partial charge on any atom is -0.508 e. The maximum Gasteiger partial charge on any atom is 0.336 e. The Morgan fingerprint density at radius 3 is 2.60 bits per heavy atom. The molecule has 0 aromatic heterocycles. The molecule has 7 heteroatoms. The molecular weight excluding hydrogens is 446 g/mol. The number of aliphatic hydroxyl groups excluding tert-OH is 1. The number of carboxylic acid groups (broad SMARTS) is 1. The number of aromatic hydroxyl groups is 1. The smallest absolute Gasteiger partial charge is 0.336 e. The van der Waals surface area contributed by atoms with Crippen LogP contribution < -0.4 is 10.1 Å². The second-order valence-electron chi connectivity index (χ2n) is 8.69. The van der Waals surface area contributed by atoms with Gasteiger partial charge in [0, 0.05) is 34.9 Å². The molecule has 1 unspecified atom stereocenters. The molecule has 0 saturated heterocycles. The second kappa shape index (κ2) is 10.6. The number of hydrogen-bond acceptors (Lipinski definition) is 5. The Labute approximate surface area is 204 Å². The van der Waals surface area contributed by atoms with Crippen molar-refractivity contribution in [3.8, 4) is 11.5 Å². The molecule has 1 aliphatic heterocycles. The molecule has 0 bridgehead atoms. The molecule has 35 heavy (non-hydrogen) atoms. The molecule has 2 aliphatic rings. The first kappa shape index (κ1) is 24.3. The molecule has 2 aromatic rings. The average Bonchev–Trinajstić information content (AvgIpc) is 2.83. The Kier molecular flexibility index (Phi) is 7.36. The Morgan fingerprint density at radius 1 is 1.03 bits per heavy atom. The summed E-state index contributed by atoms with van der Waals surface area (Å²) in [5.41, 5.74) is 2.45. The number of amides is 1. The van der Waals surface area contributed by atoms with Crippen LogP contribution >= 0.6 is 0 Å². The fourth-order valence-corrected chi connectivity index (χ4v) is 4.34. The van der Waals surface area contributed by atoms with Crippen molar-refractivity contribution < 1.29 is 29.6 Å². The van der Waals surface area contributed by atoms with E-state index in [0.29, 0.717) is 45.9 Å². The van der Waals surface area contributed by atoms with Gasteiger partial charge in [0.25, 0.3) is 5.91 Å². The van der Waals surface area contributed by atoms with Gasteiger partial charge in [0.05, 0.1) is 11.7 Å². The molecule has 0 fully saturated rings. The van der Waals surface area contributed by atoms with Crippen LogP contribution in [-0.2, 0) is 0 Å². The number of carbonyl (C=O) groups excluding carboxylic acids is 1. The summed E-state index contributed by atoms with van der Waals surface area (Å²) in [6, 6.07) is 9.11. The molecule has 1 heterocycles. The third kappa shape index (κ3) is 5.30. The van der Waals surface area contributed by atoms with Crippen molar-refractivity contribution in [2.75, 3.05) is 6.54 Å². The van der Waals surface area contributed by atoms with Crippen LogP contribution in [0, 0.1) is 0 Å². The average molecular weight is 476 g/mol. The third-order valence-corrected chi connectivity index (χ3v) is 6.12. The van der Waals surface area contributed by atoms with Gasteiger partial charge in [-0.3, -0.25) is 4.79 Å². The van der Waals surface area contributed by atoms with Crippen LogP contribution in [0.15, 0.2) is 66.0 Å². The standard InChI is InChI=1S/C28H29NO6/c1-2-3-4-5-6-13-29-27(32)17-7-10-20(28(33)34)23(14-17)26-21-11-8-18(30)15-24(21)35-25-16-19(31)9-12-22(25)26/h7-12,14-16,18,30-31H,2-6,13H2,1H3,(H,29,32)(H,33,34). The molecular formula is C28H29NO6. The zero-order valence-electron chi connectivity index (χ0n) is 19.6. The van der Waals surface area contributed by atoms with Crippen LogP contribution in [0.5, 0.6) is 11.5 Å². The van der Waals surface area contributed by atoms with E-state index in [-0.39, 0.29) is 17.2 Å². The van der Waals surface area contributed by atoms with E-state index in [9.17, 15) is 24.9 Å². The zero-order chi connectivity index (χ0) is 24.9. The third-order valence-electron chi connectivity index (χ3n) is 6.12. The normalized spacial score (nSPS) is 16.2. The zero-order valence-corrected chi connectivity index (χ0v) is 19.6. The van der Waals surface area contributed by atoms with Crippen molar-refractivity contribution in [2.24, 2.45) is 0 Å². The van der Waals surface area contributed by atoms with Crippen molar-refractivity contribution in [1.82, 2.24) is 5.32 Å². The highest BCUT2D eigenvalue weighted by molar-refractivity contribution is 6.03. The van der Waals surface area contributed by atoms with Gasteiger partial charge in [-0.15, -0.1) is 0 Å². The van der Waals surface area contributed by atoms with E-state index in [4.69, 9.17) is 4.74 Å². The first-order valence-corrected chi connectivity index (χ1v) is 11.9. The van der Waals surface area contributed by atoms with Crippen LogP contribution in [0.1, 0.15) is 70.9 Å². The molecule has 7 nitrogen and oxygen atoms in total. The second-order valence-corrected chi connectivity index (χ2v) is 8.69. The molecule has 0 radical (unpaired) electrons. The van der Waals surface area contributed by atoms with Gasteiger partial charge in [-0.25, -0.2) is 4.79 Å². The molecule has 0 spiro atoms. The summed E-state index contributed by atoms with van der Waals surface area (Å²) in [7, 11) is 0. The van der Waals surface area contributed by atoms with E-state index < -0.39 is 12.1 Å². The number of rotatable bonds is 9. The highest BCUT2D eigenvalue weighted by Gasteiger charge is 2.30. The lowest BCUT2D eigenvalue weighted by Crippen LogP contribution is -2.25. The number of aromatic carboxylic acids is 1. The largest absolute Gasteiger partial charge is 0.508 e. The Balaban J connectivity index is 1.74. The SMILES string of the molecule is CCCCCCCNC(=O)c1ccc(C(=O)O)c(C2=C3C=CC(O)C=C3Oc3cc(O)ccc32)c1. The Bertz CT molecular complexity index is 1240. The van der Waals surface area contributed by atoms with Crippen molar-refractivity contribution in [2.45, 2.75) is 45.1 Å². The lowest BCUT2D eigenvalue weighted by Gasteiger charge is -2.28. The van der Waals surface area contributed by atoms with Crippen LogP contribution in [0.3, 0.4) is 0 Å². The fourth-order valence-electron chi connectivity index (χ4n) is 4.34. The van der Waals surface area contributed by atoms with Gasteiger partial charge in [-0.2, -0.15) is 0 Å². The molecule has 1 aliphatic carbocycles. The Hall–Kier alpha value is -3.84. The van der Waals surface area contributed by atoms with Gasteiger partial charge in [0.15, 0.2) is 0 Å². The van der Waals surface area contributed by atoms with Gasteiger partial charge in [-0.05, 0) is 48.4 Å². The number of fused-ring (bicyclic) bond motifs is 2. The molecule has 2 aromatic carbocycles. The molecule has 1 atom stereocenters. The fraction of sp³-hybridized carbons (Fsp3) is 0.286. The lowest BCUT2D eigenvalue weighted by atomic mass is 9.84. The van der Waals surface area contributed by atoms with E-state index in [0.717, 1.165) is 25.7 Å². The summed E-state index contributed by atoms with van der Waals surface area (Å²) in [6.07, 6.45) is 9.30. The number of aliphatic hydroxyl groups is 1. The molecule has 1 amide bonds. The summed E-state index contributed by atoms with van der Waals surface area (Å²) < 4.78 is 5.92. The number of ether oxygens (including phenoxy) is 1. The topological polar surface area (TPSA) is 116 Å². The molecule has 4 rings (SSSR count). The van der Waals surface area contributed by atoms with Gasteiger partial charge in [0.2, 0.25) is 0 Å². The minimum absolute atomic E-state index is 0.00965. The number of carboxylic acids is 1. The van der Waals surface area contributed by atoms with Crippen molar-refractivity contribution >= 4 is 17.4 Å². The van der Waals surface area contributed by atoms with Crippen molar-refractivity contribution in [1.29, 1.82) is 0 Å². The lowest BCUT2D eigenvalue weighted by molar-refractivity contribution is 0.0695. The quantitative estimate of drug-likeness (QED) is 0.387. The number of carbonyl (C=O) groups is 2. The van der Waals surface area contributed by atoms with E-state index >= 15 is 0 Å². The number of unbranched alkanes of at least 4 members (excludes halogenated alkanes) is 4. The monoisotopic (exact) mass is 475 g/mol. The molecule has 0 saturated carbocycles. The van der Waals surface area contributed by atoms with E-state index in [1.54, 1.807) is 24.3 Å². The molecule has 182 valence electrons. The predicted molar refractivity (Wildman–Crippen MR) is 132 cm³/mol. The number of nitrogens with one attached hydrogen (secondary N) is 1. The first-order chi connectivity index (χ1) is 16.9. The highest BCUT2D eigenvalue weighted by Crippen LogP contribution is 2.45. The van der Waals surface area contributed by atoms with Crippen LogP contribution in [-0.4, -0.2) is 39.8 Å². The summed E-state index contributed by atoms with van der Waals surface area (Å²) in [5, 5.41) is 32.9. The van der Waals surface area contributed by atoms with E-state index in [1.807, 2.05) is 0 Å².